The van der Waals surface area contributed by atoms with Crippen molar-refractivity contribution in [2.45, 2.75) is 52.0 Å². The highest BCUT2D eigenvalue weighted by molar-refractivity contribution is 6.33. The van der Waals surface area contributed by atoms with Gasteiger partial charge in [0.15, 0.2) is 0 Å². The van der Waals surface area contributed by atoms with Crippen LogP contribution >= 0.6 is 11.6 Å². The Bertz CT molecular complexity index is 451. The van der Waals surface area contributed by atoms with E-state index in [9.17, 15) is 4.79 Å². The molecule has 0 spiro atoms. The number of nitrogens with one attached hydrogen (secondary N) is 1. The fourth-order valence-electron chi connectivity index (χ4n) is 1.77. The minimum Gasteiger partial charge on any atom is -0.347 e. The Morgan fingerprint density at radius 1 is 1.50 bits per heavy atom. The van der Waals surface area contributed by atoms with Crippen LogP contribution in [0.15, 0.2) is 6.20 Å². The van der Waals surface area contributed by atoms with Crippen LogP contribution in [-0.4, -0.2) is 28.5 Å². The van der Waals surface area contributed by atoms with Crippen molar-refractivity contribution in [2.24, 2.45) is 5.73 Å². The second-order valence-corrected chi connectivity index (χ2v) is 5.53. The first-order valence-corrected chi connectivity index (χ1v) is 7.40. The van der Waals surface area contributed by atoms with Gasteiger partial charge in [-0.05, 0) is 6.42 Å². The number of hydrogen-bond donors (Lipinski definition) is 2. The lowest BCUT2D eigenvalue weighted by atomic mass is 10.1. The average molecular weight is 299 g/mol. The van der Waals surface area contributed by atoms with Crippen molar-refractivity contribution in [2.75, 3.05) is 6.54 Å². The molecule has 5 nitrogen and oxygen atoms in total. The number of hydrogen-bond acceptors (Lipinski definition) is 4. The van der Waals surface area contributed by atoms with E-state index in [-0.39, 0.29) is 28.6 Å². The number of amides is 1. The standard InChI is InChI=1S/C14H23ClN4O/c1-4-5-6-10(7-16)18-14(20)12-11(15)8-17-13(19-12)9(2)3/h8-10H,4-7,16H2,1-3H3,(H,18,20). The Kier molecular flexibility index (Phi) is 6.88. The maximum Gasteiger partial charge on any atom is 0.271 e. The number of carbonyl (C=O) groups excluding carboxylic acids is 1. The van der Waals surface area contributed by atoms with Gasteiger partial charge in [-0.25, -0.2) is 9.97 Å². The fraction of sp³-hybridized carbons (Fsp3) is 0.643. The molecule has 0 aliphatic heterocycles. The third-order valence-electron chi connectivity index (χ3n) is 3.02. The molecule has 3 N–H and O–H groups in total. The third-order valence-corrected chi connectivity index (χ3v) is 3.30. The lowest BCUT2D eigenvalue weighted by Gasteiger charge is -2.17. The molecule has 1 atom stereocenters. The third kappa shape index (κ3) is 4.72. The number of carbonyl (C=O) groups is 1. The van der Waals surface area contributed by atoms with Gasteiger partial charge in [-0.15, -0.1) is 0 Å². The number of aromatic nitrogens is 2. The van der Waals surface area contributed by atoms with Crippen molar-refractivity contribution < 1.29 is 4.79 Å². The SMILES string of the molecule is CCCCC(CN)NC(=O)c1nc(C(C)C)ncc1Cl. The van der Waals surface area contributed by atoms with Gasteiger partial charge in [0.25, 0.3) is 5.91 Å². The van der Waals surface area contributed by atoms with E-state index < -0.39 is 0 Å². The lowest BCUT2D eigenvalue weighted by Crippen LogP contribution is -2.40. The Hall–Kier alpha value is -1.20. The summed E-state index contributed by atoms with van der Waals surface area (Å²) >= 11 is 6.01. The van der Waals surface area contributed by atoms with E-state index in [1.54, 1.807) is 0 Å². The van der Waals surface area contributed by atoms with E-state index in [0.29, 0.717) is 12.4 Å². The van der Waals surface area contributed by atoms with Crippen LogP contribution in [-0.2, 0) is 0 Å². The van der Waals surface area contributed by atoms with Crippen molar-refractivity contribution in [1.29, 1.82) is 0 Å². The van der Waals surface area contributed by atoms with Gasteiger partial charge in [0.2, 0.25) is 0 Å². The maximum absolute atomic E-state index is 12.2. The minimum absolute atomic E-state index is 0.0454. The van der Waals surface area contributed by atoms with Crippen LogP contribution in [0, 0.1) is 0 Å². The van der Waals surface area contributed by atoms with Gasteiger partial charge in [0.05, 0.1) is 11.2 Å². The number of nitrogens with two attached hydrogens (primary N) is 1. The van der Waals surface area contributed by atoms with Crippen molar-refractivity contribution >= 4 is 17.5 Å². The molecule has 20 heavy (non-hydrogen) atoms. The molecule has 0 saturated heterocycles. The molecule has 1 amide bonds. The van der Waals surface area contributed by atoms with Crippen LogP contribution in [0.1, 0.15) is 62.3 Å². The molecule has 1 aromatic heterocycles. The monoisotopic (exact) mass is 298 g/mol. The number of unbranched alkanes of at least 4 members (excludes halogenated alkanes) is 1. The van der Waals surface area contributed by atoms with E-state index in [1.807, 2.05) is 13.8 Å². The molecule has 6 heteroatoms. The quantitative estimate of drug-likeness (QED) is 0.810. The molecular weight excluding hydrogens is 276 g/mol. The van der Waals surface area contributed by atoms with Crippen LogP contribution in [0.4, 0.5) is 0 Å². The zero-order valence-corrected chi connectivity index (χ0v) is 13.1. The maximum atomic E-state index is 12.2. The van der Waals surface area contributed by atoms with Crippen LogP contribution in [0.2, 0.25) is 5.02 Å². The lowest BCUT2D eigenvalue weighted by molar-refractivity contribution is 0.0930. The van der Waals surface area contributed by atoms with Crippen molar-refractivity contribution in [3.63, 3.8) is 0 Å². The van der Waals surface area contributed by atoms with Gasteiger partial charge < -0.3 is 11.1 Å². The summed E-state index contributed by atoms with van der Waals surface area (Å²) in [5.74, 6) is 0.465. The molecule has 0 bridgehead atoms. The molecule has 0 fully saturated rings. The second kappa shape index (κ2) is 8.17. The summed E-state index contributed by atoms with van der Waals surface area (Å²) in [5, 5.41) is 3.15. The van der Waals surface area contributed by atoms with Crippen LogP contribution in [0.5, 0.6) is 0 Å². The molecule has 0 aliphatic carbocycles. The van der Waals surface area contributed by atoms with Gasteiger partial charge >= 0.3 is 0 Å². The van der Waals surface area contributed by atoms with Gasteiger partial charge in [-0.3, -0.25) is 4.79 Å². The second-order valence-electron chi connectivity index (χ2n) is 5.13. The summed E-state index contributed by atoms with van der Waals surface area (Å²) in [5.41, 5.74) is 5.90. The Balaban J connectivity index is 2.82. The highest BCUT2D eigenvalue weighted by Crippen LogP contribution is 2.16. The molecule has 1 unspecified atom stereocenters. The van der Waals surface area contributed by atoms with Crippen molar-refractivity contribution in [3.8, 4) is 0 Å². The Morgan fingerprint density at radius 3 is 2.75 bits per heavy atom. The van der Waals surface area contributed by atoms with Crippen LogP contribution in [0.3, 0.4) is 0 Å². The van der Waals surface area contributed by atoms with E-state index in [1.165, 1.54) is 6.20 Å². The summed E-state index contributed by atoms with van der Waals surface area (Å²) in [6.07, 6.45) is 4.43. The largest absolute Gasteiger partial charge is 0.347 e. The highest BCUT2D eigenvalue weighted by atomic mass is 35.5. The number of nitrogens with zero attached hydrogens (tertiary/aromatic N) is 2. The van der Waals surface area contributed by atoms with E-state index in [2.05, 4.69) is 22.2 Å². The molecule has 0 saturated carbocycles. The topological polar surface area (TPSA) is 80.9 Å². The smallest absolute Gasteiger partial charge is 0.271 e. The highest BCUT2D eigenvalue weighted by Gasteiger charge is 2.18. The first kappa shape index (κ1) is 16.9. The molecule has 112 valence electrons. The normalized spacial score (nSPS) is 12.5. The predicted octanol–water partition coefficient (Wildman–Crippen LogP) is 2.50. The van der Waals surface area contributed by atoms with E-state index in [4.69, 9.17) is 17.3 Å². The molecule has 0 aromatic carbocycles. The first-order chi connectivity index (χ1) is 9.49. The summed E-state index contributed by atoms with van der Waals surface area (Å²) < 4.78 is 0. The van der Waals surface area contributed by atoms with Crippen molar-refractivity contribution in [1.82, 2.24) is 15.3 Å². The number of rotatable bonds is 7. The van der Waals surface area contributed by atoms with Gasteiger partial charge in [0.1, 0.15) is 11.5 Å². The zero-order chi connectivity index (χ0) is 15.1. The fourth-order valence-corrected chi connectivity index (χ4v) is 1.95. The molecule has 1 aromatic rings. The summed E-state index contributed by atoms with van der Waals surface area (Å²) in [4.78, 5) is 20.6. The minimum atomic E-state index is -0.286. The average Bonchev–Trinajstić information content (AvgIpc) is 2.43. The predicted molar refractivity (Wildman–Crippen MR) is 81.0 cm³/mol. The van der Waals surface area contributed by atoms with Gasteiger partial charge in [-0.2, -0.15) is 0 Å². The Labute approximate surface area is 125 Å². The summed E-state index contributed by atoms with van der Waals surface area (Å²) in [6.45, 7) is 6.45. The molecule has 0 radical (unpaired) electrons. The zero-order valence-electron chi connectivity index (χ0n) is 12.3. The molecule has 1 rings (SSSR count). The van der Waals surface area contributed by atoms with E-state index >= 15 is 0 Å². The summed E-state index contributed by atoms with van der Waals surface area (Å²) in [7, 11) is 0. The molecule has 1 heterocycles. The van der Waals surface area contributed by atoms with Gasteiger partial charge in [0, 0.05) is 18.5 Å². The van der Waals surface area contributed by atoms with E-state index in [0.717, 1.165) is 19.3 Å². The number of halogens is 1. The molecular formula is C14H23ClN4O. The molecule has 0 aliphatic rings. The van der Waals surface area contributed by atoms with Gasteiger partial charge in [-0.1, -0.05) is 45.2 Å². The summed E-state index contributed by atoms with van der Waals surface area (Å²) in [6, 6.07) is -0.0454. The van der Waals surface area contributed by atoms with Crippen LogP contribution in [0.25, 0.3) is 0 Å². The van der Waals surface area contributed by atoms with Crippen molar-refractivity contribution in [3.05, 3.63) is 22.7 Å². The first-order valence-electron chi connectivity index (χ1n) is 7.02. The van der Waals surface area contributed by atoms with Crippen LogP contribution < -0.4 is 11.1 Å². The Morgan fingerprint density at radius 2 is 2.20 bits per heavy atom.